The third kappa shape index (κ3) is 5.50. The Morgan fingerprint density at radius 3 is 2.07 bits per heavy atom. The molecule has 0 aromatic carbocycles. The van der Waals surface area contributed by atoms with E-state index in [4.69, 9.17) is 5.11 Å². The van der Waals surface area contributed by atoms with Crippen molar-refractivity contribution in [2.75, 3.05) is 19.7 Å². The highest BCUT2D eigenvalue weighted by Gasteiger charge is 2.26. The summed E-state index contributed by atoms with van der Waals surface area (Å²) in [5.74, 6) is 0. The molecule has 0 fully saturated rings. The fraction of sp³-hybridized carbons (Fsp3) is 1.00. The second-order valence-electron chi connectivity index (χ2n) is 4.57. The second kappa shape index (κ2) is 7.20. The number of hydrogen-bond acceptors (Lipinski definition) is 3. The van der Waals surface area contributed by atoms with Crippen LogP contribution in [0.15, 0.2) is 0 Å². The molecule has 0 heterocycles. The molecule has 0 atom stereocenters. The van der Waals surface area contributed by atoms with Crippen LogP contribution in [-0.2, 0) is 0 Å². The maximum absolute atomic E-state index is 10.2. The van der Waals surface area contributed by atoms with Crippen LogP contribution in [-0.4, -0.2) is 46.5 Å². The first-order valence-electron chi connectivity index (χ1n) is 6.06. The summed E-state index contributed by atoms with van der Waals surface area (Å²) in [5.41, 5.74) is -0.570. The highest BCUT2D eigenvalue weighted by Crippen LogP contribution is 2.17. The van der Waals surface area contributed by atoms with Gasteiger partial charge in [0.05, 0.1) is 5.60 Å². The third-order valence-electron chi connectivity index (χ3n) is 3.15. The van der Waals surface area contributed by atoms with Crippen LogP contribution in [0.25, 0.3) is 0 Å². The molecule has 2 N–H and O–H groups in total. The molecule has 15 heavy (non-hydrogen) atoms. The molecule has 0 aliphatic heterocycles. The largest absolute Gasteiger partial charge is 0.396 e. The van der Waals surface area contributed by atoms with E-state index >= 15 is 0 Å². The molecule has 0 saturated heterocycles. The number of rotatable bonds is 8. The van der Waals surface area contributed by atoms with Gasteiger partial charge in [-0.3, -0.25) is 4.90 Å². The Bertz CT molecular complexity index is 156. The van der Waals surface area contributed by atoms with Crippen LogP contribution in [0, 0.1) is 0 Å². The van der Waals surface area contributed by atoms with Crippen molar-refractivity contribution in [1.29, 1.82) is 0 Å². The Balaban J connectivity index is 4.25. The molecule has 0 rings (SSSR count). The van der Waals surface area contributed by atoms with Gasteiger partial charge in [0.1, 0.15) is 0 Å². The van der Waals surface area contributed by atoms with E-state index in [9.17, 15) is 5.11 Å². The van der Waals surface area contributed by atoms with Crippen molar-refractivity contribution < 1.29 is 10.2 Å². The van der Waals surface area contributed by atoms with Gasteiger partial charge in [-0.05, 0) is 33.1 Å². The minimum atomic E-state index is -0.570. The van der Waals surface area contributed by atoms with Crippen molar-refractivity contribution >= 4 is 0 Å². The molecule has 0 unspecified atom stereocenters. The Kier molecular flexibility index (Phi) is 7.14. The molecule has 92 valence electrons. The van der Waals surface area contributed by atoms with Crippen molar-refractivity contribution in [3.05, 3.63) is 0 Å². The zero-order chi connectivity index (χ0) is 11.9. The van der Waals surface area contributed by atoms with Crippen molar-refractivity contribution in [1.82, 2.24) is 4.90 Å². The van der Waals surface area contributed by atoms with Crippen LogP contribution in [0.2, 0.25) is 0 Å². The minimum Gasteiger partial charge on any atom is -0.396 e. The van der Waals surface area contributed by atoms with Gasteiger partial charge < -0.3 is 10.2 Å². The summed E-state index contributed by atoms with van der Waals surface area (Å²) in [5, 5.41) is 19.1. The molecule has 3 heteroatoms. The molecule has 0 aliphatic carbocycles. The van der Waals surface area contributed by atoms with Gasteiger partial charge in [-0.1, -0.05) is 13.8 Å². The van der Waals surface area contributed by atoms with Crippen molar-refractivity contribution in [3.8, 4) is 0 Å². The monoisotopic (exact) mass is 217 g/mol. The number of aliphatic hydroxyl groups excluding tert-OH is 1. The lowest BCUT2D eigenvalue weighted by molar-refractivity contribution is -0.0127. The van der Waals surface area contributed by atoms with Gasteiger partial charge >= 0.3 is 0 Å². The maximum Gasteiger partial charge on any atom is 0.0769 e. The van der Waals surface area contributed by atoms with Gasteiger partial charge in [0.25, 0.3) is 0 Å². The summed E-state index contributed by atoms with van der Waals surface area (Å²) in [6.45, 7) is 10.1. The topological polar surface area (TPSA) is 43.7 Å². The molecular weight excluding hydrogens is 190 g/mol. The first kappa shape index (κ1) is 14.9. The summed E-state index contributed by atoms with van der Waals surface area (Å²) < 4.78 is 0. The SMILES string of the molecule is CCC(O)(CC)CN(CCCO)C(C)C. The standard InChI is InChI=1S/C12H27NO2/c1-5-12(15,6-2)10-13(11(3)4)8-7-9-14/h11,14-15H,5-10H2,1-4H3. The molecular formula is C12H27NO2. The fourth-order valence-corrected chi connectivity index (χ4v) is 1.65. The third-order valence-corrected chi connectivity index (χ3v) is 3.15. The smallest absolute Gasteiger partial charge is 0.0769 e. The van der Waals surface area contributed by atoms with E-state index < -0.39 is 5.60 Å². The second-order valence-corrected chi connectivity index (χ2v) is 4.57. The van der Waals surface area contributed by atoms with Gasteiger partial charge in [-0.15, -0.1) is 0 Å². The Morgan fingerprint density at radius 2 is 1.73 bits per heavy atom. The highest BCUT2D eigenvalue weighted by molar-refractivity contribution is 4.81. The normalized spacial score (nSPS) is 12.8. The quantitative estimate of drug-likeness (QED) is 0.649. The van der Waals surface area contributed by atoms with Crippen molar-refractivity contribution in [2.45, 2.75) is 58.6 Å². The van der Waals surface area contributed by atoms with Crippen LogP contribution < -0.4 is 0 Å². The summed E-state index contributed by atoms with van der Waals surface area (Å²) in [7, 11) is 0. The Morgan fingerprint density at radius 1 is 1.20 bits per heavy atom. The van der Waals surface area contributed by atoms with Gasteiger partial charge in [0, 0.05) is 25.7 Å². The average molecular weight is 217 g/mol. The van der Waals surface area contributed by atoms with Crippen LogP contribution in [0.5, 0.6) is 0 Å². The molecule has 0 aromatic rings. The Labute approximate surface area is 94.1 Å². The first-order chi connectivity index (χ1) is 6.99. The van der Waals surface area contributed by atoms with E-state index in [-0.39, 0.29) is 6.61 Å². The van der Waals surface area contributed by atoms with Crippen molar-refractivity contribution in [3.63, 3.8) is 0 Å². The summed E-state index contributed by atoms with van der Waals surface area (Å²) in [6, 6.07) is 0.418. The van der Waals surface area contributed by atoms with Gasteiger partial charge in [0.2, 0.25) is 0 Å². The predicted octanol–water partition coefficient (Wildman–Crippen LogP) is 1.63. The molecule has 3 nitrogen and oxygen atoms in total. The highest BCUT2D eigenvalue weighted by atomic mass is 16.3. The lowest BCUT2D eigenvalue weighted by Crippen LogP contribution is -2.45. The molecule has 0 spiro atoms. The van der Waals surface area contributed by atoms with Gasteiger partial charge in [-0.2, -0.15) is 0 Å². The van der Waals surface area contributed by atoms with Crippen LogP contribution in [0.4, 0.5) is 0 Å². The van der Waals surface area contributed by atoms with E-state index in [1.807, 2.05) is 13.8 Å². The van der Waals surface area contributed by atoms with E-state index in [0.717, 1.165) is 25.8 Å². The van der Waals surface area contributed by atoms with E-state index in [1.54, 1.807) is 0 Å². The van der Waals surface area contributed by atoms with E-state index in [1.165, 1.54) is 0 Å². The molecule has 0 saturated carbocycles. The van der Waals surface area contributed by atoms with Crippen LogP contribution >= 0.6 is 0 Å². The lowest BCUT2D eigenvalue weighted by atomic mass is 9.96. The fourth-order valence-electron chi connectivity index (χ4n) is 1.65. The lowest BCUT2D eigenvalue weighted by Gasteiger charge is -2.35. The molecule has 0 radical (unpaired) electrons. The maximum atomic E-state index is 10.2. The zero-order valence-corrected chi connectivity index (χ0v) is 10.7. The van der Waals surface area contributed by atoms with Gasteiger partial charge in [0.15, 0.2) is 0 Å². The summed E-state index contributed by atoms with van der Waals surface area (Å²) in [4.78, 5) is 2.24. The molecule has 0 amide bonds. The molecule has 0 bridgehead atoms. The molecule has 0 aromatic heterocycles. The Hall–Kier alpha value is -0.120. The summed E-state index contributed by atoms with van der Waals surface area (Å²) in [6.07, 6.45) is 2.35. The predicted molar refractivity (Wildman–Crippen MR) is 63.9 cm³/mol. The number of hydrogen-bond donors (Lipinski definition) is 2. The molecule has 0 aliphatic rings. The minimum absolute atomic E-state index is 0.222. The first-order valence-corrected chi connectivity index (χ1v) is 6.06. The number of nitrogens with zero attached hydrogens (tertiary/aromatic N) is 1. The number of aliphatic hydroxyl groups is 2. The van der Waals surface area contributed by atoms with Crippen molar-refractivity contribution in [2.24, 2.45) is 0 Å². The van der Waals surface area contributed by atoms with Gasteiger partial charge in [-0.25, -0.2) is 0 Å². The van der Waals surface area contributed by atoms with E-state index in [0.29, 0.717) is 12.6 Å². The van der Waals surface area contributed by atoms with Crippen LogP contribution in [0.1, 0.15) is 47.0 Å². The van der Waals surface area contributed by atoms with E-state index in [2.05, 4.69) is 18.7 Å². The average Bonchev–Trinajstić information content (AvgIpc) is 2.23. The zero-order valence-electron chi connectivity index (χ0n) is 10.7. The summed E-state index contributed by atoms with van der Waals surface area (Å²) >= 11 is 0. The van der Waals surface area contributed by atoms with Crippen LogP contribution in [0.3, 0.4) is 0 Å².